The summed E-state index contributed by atoms with van der Waals surface area (Å²) in [6.45, 7) is 0.0106. The molecule has 114 valence electrons. The molecule has 1 aromatic carbocycles. The van der Waals surface area contributed by atoms with Gasteiger partial charge in [-0.1, -0.05) is 18.2 Å². The first kappa shape index (κ1) is 14.3. The molecule has 0 saturated carbocycles. The van der Waals surface area contributed by atoms with Crippen LogP contribution in [0.25, 0.3) is 11.0 Å². The number of nitrogens with one attached hydrogen (secondary N) is 1. The van der Waals surface area contributed by atoms with Crippen molar-refractivity contribution in [3.05, 3.63) is 47.9 Å². The smallest absolute Gasteiger partial charge is 0.365 e. The molecule has 0 bridgehead atoms. The van der Waals surface area contributed by atoms with Gasteiger partial charge in [0.05, 0.1) is 17.1 Å². The zero-order valence-corrected chi connectivity index (χ0v) is 11.6. The van der Waals surface area contributed by atoms with E-state index in [0.29, 0.717) is 16.9 Å². The monoisotopic (exact) mass is 307 g/mol. The number of aromatic nitrogens is 4. The summed E-state index contributed by atoms with van der Waals surface area (Å²) in [5.41, 5.74) is 0.117. The number of fused-ring (bicyclic) bond motifs is 1. The molecule has 0 aliphatic heterocycles. The molecule has 0 aliphatic carbocycles. The molecular weight excluding hydrogens is 295 g/mol. The van der Waals surface area contributed by atoms with Gasteiger partial charge in [-0.15, -0.1) is 0 Å². The lowest BCUT2D eigenvalue weighted by atomic mass is 10.1. The molecule has 0 saturated heterocycles. The Hall–Kier alpha value is -2.64. The lowest BCUT2D eigenvalue weighted by Gasteiger charge is -2.13. The second-order valence-electron chi connectivity index (χ2n) is 4.74. The van der Waals surface area contributed by atoms with Crippen molar-refractivity contribution < 1.29 is 13.2 Å². The van der Waals surface area contributed by atoms with E-state index in [2.05, 4.69) is 20.4 Å². The fraction of sp³-hybridized carbons (Fsp3) is 0.214. The van der Waals surface area contributed by atoms with Crippen molar-refractivity contribution in [3.8, 4) is 0 Å². The molecule has 0 amide bonds. The fourth-order valence-electron chi connectivity index (χ4n) is 2.23. The van der Waals surface area contributed by atoms with Crippen molar-refractivity contribution in [1.82, 2.24) is 19.7 Å². The number of alkyl halides is 3. The third-order valence-corrected chi connectivity index (χ3v) is 3.30. The second-order valence-corrected chi connectivity index (χ2v) is 4.74. The first-order chi connectivity index (χ1) is 10.5. The van der Waals surface area contributed by atoms with Gasteiger partial charge in [-0.2, -0.15) is 18.3 Å². The molecule has 3 aromatic rings. The van der Waals surface area contributed by atoms with Crippen LogP contribution in [-0.2, 0) is 19.8 Å². The van der Waals surface area contributed by atoms with Gasteiger partial charge in [0.2, 0.25) is 0 Å². The van der Waals surface area contributed by atoms with Crippen LogP contribution in [0.15, 0.2) is 36.8 Å². The third kappa shape index (κ3) is 2.59. The van der Waals surface area contributed by atoms with Crippen molar-refractivity contribution in [2.75, 3.05) is 5.32 Å². The normalized spacial score (nSPS) is 11.8. The lowest BCUT2D eigenvalue weighted by Crippen LogP contribution is -2.12. The maximum atomic E-state index is 13.0. The maximum Gasteiger partial charge on any atom is 0.416 e. The van der Waals surface area contributed by atoms with Gasteiger partial charge in [-0.05, 0) is 11.6 Å². The van der Waals surface area contributed by atoms with Gasteiger partial charge in [0.15, 0.2) is 5.65 Å². The van der Waals surface area contributed by atoms with Crippen LogP contribution < -0.4 is 5.32 Å². The first-order valence-electron chi connectivity index (χ1n) is 6.48. The van der Waals surface area contributed by atoms with Crippen LogP contribution >= 0.6 is 0 Å². The van der Waals surface area contributed by atoms with Crippen molar-refractivity contribution in [1.29, 1.82) is 0 Å². The van der Waals surface area contributed by atoms with E-state index < -0.39 is 11.7 Å². The van der Waals surface area contributed by atoms with Gasteiger partial charge in [0, 0.05) is 13.6 Å². The molecule has 0 spiro atoms. The number of anilines is 1. The van der Waals surface area contributed by atoms with E-state index in [-0.39, 0.29) is 12.1 Å². The van der Waals surface area contributed by atoms with E-state index in [0.717, 1.165) is 6.07 Å². The third-order valence-electron chi connectivity index (χ3n) is 3.30. The summed E-state index contributed by atoms with van der Waals surface area (Å²) in [7, 11) is 1.73. The van der Waals surface area contributed by atoms with E-state index in [1.807, 2.05) is 0 Å². The molecule has 2 aromatic heterocycles. The number of hydrogen-bond acceptors (Lipinski definition) is 4. The highest BCUT2D eigenvalue weighted by Gasteiger charge is 2.32. The Morgan fingerprint density at radius 3 is 2.73 bits per heavy atom. The van der Waals surface area contributed by atoms with Crippen molar-refractivity contribution >= 4 is 16.9 Å². The molecule has 0 fully saturated rings. The minimum absolute atomic E-state index is 0.0106. The van der Waals surface area contributed by atoms with E-state index in [1.165, 1.54) is 18.5 Å². The Bertz CT molecular complexity index is 810. The predicted molar refractivity (Wildman–Crippen MR) is 75.1 cm³/mol. The molecule has 22 heavy (non-hydrogen) atoms. The zero-order chi connectivity index (χ0) is 15.7. The molecule has 0 atom stereocenters. The van der Waals surface area contributed by atoms with E-state index >= 15 is 0 Å². The highest BCUT2D eigenvalue weighted by atomic mass is 19.4. The maximum absolute atomic E-state index is 13.0. The van der Waals surface area contributed by atoms with E-state index in [9.17, 15) is 13.2 Å². The van der Waals surface area contributed by atoms with Crippen molar-refractivity contribution in [2.45, 2.75) is 12.7 Å². The minimum Gasteiger partial charge on any atom is -0.365 e. The fourth-order valence-corrected chi connectivity index (χ4v) is 2.23. The largest absolute Gasteiger partial charge is 0.416 e. The average molecular weight is 307 g/mol. The Labute approximate surface area is 123 Å². The zero-order valence-electron chi connectivity index (χ0n) is 11.6. The van der Waals surface area contributed by atoms with Crippen LogP contribution in [0.3, 0.4) is 0 Å². The number of halogens is 3. The Morgan fingerprint density at radius 2 is 1.95 bits per heavy atom. The van der Waals surface area contributed by atoms with Crippen LogP contribution in [0.5, 0.6) is 0 Å². The quantitative estimate of drug-likeness (QED) is 0.808. The molecule has 3 rings (SSSR count). The average Bonchev–Trinajstić information content (AvgIpc) is 2.87. The Morgan fingerprint density at radius 1 is 1.18 bits per heavy atom. The Balaban J connectivity index is 1.89. The summed E-state index contributed by atoms with van der Waals surface area (Å²) in [4.78, 5) is 8.15. The van der Waals surface area contributed by atoms with Crippen molar-refractivity contribution in [2.24, 2.45) is 7.05 Å². The molecule has 0 radical (unpaired) electrons. The SMILES string of the molecule is Cn1ncc2c(NCc3ccccc3C(F)(F)F)ncnc21. The first-order valence-corrected chi connectivity index (χ1v) is 6.48. The standard InChI is InChI=1S/C14H12F3N5/c1-22-13-10(7-21-22)12(19-8-20-13)18-6-9-4-2-3-5-11(9)14(15,16)17/h2-5,7-8H,6H2,1H3,(H,18,19,20). The highest BCUT2D eigenvalue weighted by molar-refractivity contribution is 5.85. The highest BCUT2D eigenvalue weighted by Crippen LogP contribution is 2.32. The minimum atomic E-state index is -4.38. The van der Waals surface area contributed by atoms with Crippen LogP contribution in [0.1, 0.15) is 11.1 Å². The molecular formula is C14H12F3N5. The summed E-state index contributed by atoms with van der Waals surface area (Å²) >= 11 is 0. The van der Waals surface area contributed by atoms with E-state index in [4.69, 9.17) is 0 Å². The number of rotatable bonds is 3. The predicted octanol–water partition coefficient (Wildman–Crippen LogP) is 2.99. The topological polar surface area (TPSA) is 55.6 Å². The number of hydrogen-bond donors (Lipinski definition) is 1. The van der Waals surface area contributed by atoms with Gasteiger partial charge in [0.25, 0.3) is 0 Å². The van der Waals surface area contributed by atoms with Crippen LogP contribution in [0, 0.1) is 0 Å². The number of aryl methyl sites for hydroxylation is 1. The molecule has 1 N–H and O–H groups in total. The molecule has 2 heterocycles. The number of nitrogens with zero attached hydrogens (tertiary/aromatic N) is 4. The molecule has 0 unspecified atom stereocenters. The number of benzene rings is 1. The summed E-state index contributed by atoms with van der Waals surface area (Å²) in [6.07, 6.45) is -1.46. The van der Waals surface area contributed by atoms with Crippen LogP contribution in [0.4, 0.5) is 19.0 Å². The Kier molecular flexibility index (Phi) is 3.44. The molecule has 8 heteroatoms. The second kappa shape index (κ2) is 5.28. The summed E-state index contributed by atoms with van der Waals surface area (Å²) in [5, 5.41) is 7.65. The molecule has 5 nitrogen and oxygen atoms in total. The summed E-state index contributed by atoms with van der Waals surface area (Å²) in [6, 6.07) is 5.45. The van der Waals surface area contributed by atoms with Gasteiger partial charge >= 0.3 is 6.18 Å². The van der Waals surface area contributed by atoms with Crippen LogP contribution in [-0.4, -0.2) is 19.7 Å². The molecule has 0 aliphatic rings. The summed E-state index contributed by atoms with van der Waals surface area (Å²) in [5.74, 6) is 0.454. The van der Waals surface area contributed by atoms with Gasteiger partial charge in [-0.3, -0.25) is 4.68 Å². The van der Waals surface area contributed by atoms with Crippen molar-refractivity contribution in [3.63, 3.8) is 0 Å². The van der Waals surface area contributed by atoms with Gasteiger partial charge in [0.1, 0.15) is 12.1 Å². The van der Waals surface area contributed by atoms with Crippen LogP contribution in [0.2, 0.25) is 0 Å². The lowest BCUT2D eigenvalue weighted by molar-refractivity contribution is -0.138. The van der Waals surface area contributed by atoms with Gasteiger partial charge < -0.3 is 5.32 Å². The summed E-state index contributed by atoms with van der Waals surface area (Å²) < 4.78 is 40.5. The van der Waals surface area contributed by atoms with E-state index in [1.54, 1.807) is 24.0 Å². The van der Waals surface area contributed by atoms with Gasteiger partial charge in [-0.25, -0.2) is 9.97 Å².